The second-order valence-corrected chi connectivity index (χ2v) is 6.78. The van der Waals surface area contributed by atoms with Gasteiger partial charge in [-0.3, -0.25) is 4.79 Å². The summed E-state index contributed by atoms with van der Waals surface area (Å²) in [5, 5.41) is 3.80. The van der Waals surface area contributed by atoms with Crippen LogP contribution in [0.2, 0.25) is 5.02 Å². The molecular weight excluding hydrogens is 292 g/mol. The van der Waals surface area contributed by atoms with Crippen LogP contribution in [0.1, 0.15) is 12.8 Å². The Kier molecular flexibility index (Phi) is 6.20. The van der Waals surface area contributed by atoms with Gasteiger partial charge in [0.15, 0.2) is 0 Å². The summed E-state index contributed by atoms with van der Waals surface area (Å²) in [5.41, 5.74) is 0. The number of benzene rings is 1. The maximum absolute atomic E-state index is 12.0. The van der Waals surface area contributed by atoms with Gasteiger partial charge in [-0.1, -0.05) is 11.6 Å². The first-order chi connectivity index (χ1) is 9.65. The molecule has 0 aromatic heterocycles. The Morgan fingerprint density at radius 1 is 1.35 bits per heavy atom. The van der Waals surface area contributed by atoms with Crippen LogP contribution in [0.25, 0.3) is 0 Å². The molecule has 1 aliphatic rings. The van der Waals surface area contributed by atoms with Gasteiger partial charge in [-0.15, -0.1) is 11.8 Å². The average molecular weight is 313 g/mol. The fraction of sp³-hybridized carbons (Fsp3) is 0.533. The highest BCUT2D eigenvalue weighted by Gasteiger charge is 2.22. The zero-order valence-electron chi connectivity index (χ0n) is 11.8. The lowest BCUT2D eigenvalue weighted by Crippen LogP contribution is -2.39. The summed E-state index contributed by atoms with van der Waals surface area (Å²) < 4.78 is 0. The number of carbonyl (C=O) groups excluding carboxylic acids is 1. The minimum Gasteiger partial charge on any atom is -0.355 e. The molecule has 5 heteroatoms. The number of hydrogen-bond donors (Lipinski definition) is 1. The molecule has 20 heavy (non-hydrogen) atoms. The molecule has 1 heterocycles. The highest BCUT2D eigenvalue weighted by Crippen LogP contribution is 2.20. The Morgan fingerprint density at radius 3 is 2.65 bits per heavy atom. The van der Waals surface area contributed by atoms with Crippen molar-refractivity contribution in [1.29, 1.82) is 0 Å². The SMILES string of the molecule is CN1CCC(C(=O)NCCSc2ccc(Cl)cc2)CC1. The lowest BCUT2D eigenvalue weighted by Gasteiger charge is -2.28. The summed E-state index contributed by atoms with van der Waals surface area (Å²) in [6.45, 7) is 2.77. The molecular formula is C15H21ClN2OS. The van der Waals surface area contributed by atoms with E-state index in [2.05, 4.69) is 17.3 Å². The van der Waals surface area contributed by atoms with Gasteiger partial charge in [-0.05, 0) is 57.2 Å². The predicted octanol–water partition coefficient (Wildman–Crippen LogP) is 2.89. The first-order valence-corrected chi connectivity index (χ1v) is 8.36. The second-order valence-electron chi connectivity index (χ2n) is 5.17. The molecule has 1 aromatic rings. The van der Waals surface area contributed by atoms with E-state index in [4.69, 9.17) is 11.6 Å². The Balaban J connectivity index is 1.63. The summed E-state index contributed by atoms with van der Waals surface area (Å²) in [7, 11) is 2.11. The molecule has 1 fully saturated rings. The molecule has 1 saturated heterocycles. The molecule has 0 saturated carbocycles. The van der Waals surface area contributed by atoms with E-state index in [1.807, 2.05) is 24.3 Å². The number of rotatable bonds is 5. The zero-order valence-corrected chi connectivity index (χ0v) is 13.3. The Labute approximate surface area is 130 Å². The Morgan fingerprint density at radius 2 is 2.00 bits per heavy atom. The van der Waals surface area contributed by atoms with Crippen molar-refractivity contribution in [2.24, 2.45) is 5.92 Å². The normalized spacial score (nSPS) is 17.1. The highest BCUT2D eigenvalue weighted by molar-refractivity contribution is 7.99. The molecule has 0 spiro atoms. The molecule has 110 valence electrons. The van der Waals surface area contributed by atoms with Crippen LogP contribution in [-0.2, 0) is 4.79 Å². The van der Waals surface area contributed by atoms with E-state index >= 15 is 0 Å². The van der Waals surface area contributed by atoms with Crippen LogP contribution >= 0.6 is 23.4 Å². The topological polar surface area (TPSA) is 32.3 Å². The third-order valence-corrected chi connectivity index (χ3v) is 4.84. The minimum absolute atomic E-state index is 0.201. The summed E-state index contributed by atoms with van der Waals surface area (Å²) in [5.74, 6) is 1.31. The van der Waals surface area contributed by atoms with Gasteiger partial charge in [0.05, 0.1) is 0 Å². The number of carbonyl (C=O) groups is 1. The van der Waals surface area contributed by atoms with Crippen LogP contribution in [0.4, 0.5) is 0 Å². The molecule has 3 nitrogen and oxygen atoms in total. The molecule has 2 rings (SSSR count). The van der Waals surface area contributed by atoms with Crippen LogP contribution in [0.15, 0.2) is 29.2 Å². The summed E-state index contributed by atoms with van der Waals surface area (Å²) in [6, 6.07) is 7.79. The first kappa shape index (κ1) is 15.7. The Bertz CT molecular complexity index is 430. The van der Waals surface area contributed by atoms with Crippen molar-refractivity contribution < 1.29 is 4.79 Å². The van der Waals surface area contributed by atoms with E-state index in [-0.39, 0.29) is 11.8 Å². The minimum atomic E-state index is 0.201. The fourth-order valence-electron chi connectivity index (χ4n) is 2.29. The highest BCUT2D eigenvalue weighted by atomic mass is 35.5. The molecule has 1 aliphatic heterocycles. The largest absolute Gasteiger partial charge is 0.355 e. The molecule has 0 radical (unpaired) electrons. The van der Waals surface area contributed by atoms with Gasteiger partial charge in [0.1, 0.15) is 0 Å². The monoisotopic (exact) mass is 312 g/mol. The first-order valence-electron chi connectivity index (χ1n) is 7.00. The van der Waals surface area contributed by atoms with Crippen LogP contribution in [0, 0.1) is 5.92 Å². The maximum atomic E-state index is 12.0. The third kappa shape index (κ3) is 5.00. The van der Waals surface area contributed by atoms with Gasteiger partial charge in [0, 0.05) is 28.1 Å². The van der Waals surface area contributed by atoms with E-state index < -0.39 is 0 Å². The maximum Gasteiger partial charge on any atom is 0.223 e. The number of amides is 1. The van der Waals surface area contributed by atoms with Gasteiger partial charge in [-0.2, -0.15) is 0 Å². The van der Waals surface area contributed by atoms with Crippen molar-refractivity contribution in [3.05, 3.63) is 29.3 Å². The van der Waals surface area contributed by atoms with Gasteiger partial charge in [-0.25, -0.2) is 0 Å². The molecule has 0 unspecified atom stereocenters. The van der Waals surface area contributed by atoms with E-state index in [1.54, 1.807) is 11.8 Å². The van der Waals surface area contributed by atoms with Gasteiger partial charge in [0.2, 0.25) is 5.91 Å². The van der Waals surface area contributed by atoms with Crippen molar-refractivity contribution in [2.45, 2.75) is 17.7 Å². The van der Waals surface area contributed by atoms with E-state index in [1.165, 1.54) is 4.90 Å². The number of likely N-dealkylation sites (tertiary alicyclic amines) is 1. The van der Waals surface area contributed by atoms with Crippen LogP contribution in [0.5, 0.6) is 0 Å². The van der Waals surface area contributed by atoms with Crippen molar-refractivity contribution in [3.8, 4) is 0 Å². The van der Waals surface area contributed by atoms with E-state index in [0.29, 0.717) is 0 Å². The van der Waals surface area contributed by atoms with Gasteiger partial charge in [0.25, 0.3) is 0 Å². The smallest absolute Gasteiger partial charge is 0.223 e. The molecule has 0 aliphatic carbocycles. The third-order valence-electron chi connectivity index (χ3n) is 3.57. The fourth-order valence-corrected chi connectivity index (χ4v) is 3.18. The van der Waals surface area contributed by atoms with Crippen molar-refractivity contribution in [3.63, 3.8) is 0 Å². The summed E-state index contributed by atoms with van der Waals surface area (Å²) in [4.78, 5) is 15.5. The second kappa shape index (κ2) is 7.91. The van der Waals surface area contributed by atoms with Gasteiger partial charge >= 0.3 is 0 Å². The average Bonchev–Trinajstić information content (AvgIpc) is 2.46. The van der Waals surface area contributed by atoms with Crippen molar-refractivity contribution >= 4 is 29.3 Å². The number of hydrogen-bond acceptors (Lipinski definition) is 3. The molecule has 1 N–H and O–H groups in total. The predicted molar refractivity (Wildman–Crippen MR) is 85.4 cm³/mol. The van der Waals surface area contributed by atoms with Crippen LogP contribution in [-0.4, -0.2) is 43.2 Å². The number of halogens is 1. The van der Waals surface area contributed by atoms with E-state index in [9.17, 15) is 4.79 Å². The van der Waals surface area contributed by atoms with Crippen molar-refractivity contribution in [1.82, 2.24) is 10.2 Å². The molecule has 1 aromatic carbocycles. The lowest BCUT2D eigenvalue weighted by molar-refractivity contribution is -0.126. The number of thioether (sulfide) groups is 1. The van der Waals surface area contributed by atoms with Crippen molar-refractivity contribution in [2.75, 3.05) is 32.4 Å². The molecule has 1 amide bonds. The summed E-state index contributed by atoms with van der Waals surface area (Å²) in [6.07, 6.45) is 1.96. The molecule has 0 bridgehead atoms. The summed E-state index contributed by atoms with van der Waals surface area (Å²) >= 11 is 7.58. The number of nitrogens with zero attached hydrogens (tertiary/aromatic N) is 1. The zero-order chi connectivity index (χ0) is 14.4. The number of nitrogens with one attached hydrogen (secondary N) is 1. The lowest BCUT2D eigenvalue weighted by atomic mass is 9.96. The quantitative estimate of drug-likeness (QED) is 0.670. The molecule has 0 atom stereocenters. The van der Waals surface area contributed by atoms with E-state index in [0.717, 1.165) is 43.3 Å². The van der Waals surface area contributed by atoms with Crippen LogP contribution < -0.4 is 5.32 Å². The standard InChI is InChI=1S/C15H21ClN2OS/c1-18-9-6-12(7-10-18)15(19)17-8-11-20-14-4-2-13(16)3-5-14/h2-5,12H,6-11H2,1H3,(H,17,19). The Hall–Kier alpha value is -0.710. The van der Waals surface area contributed by atoms with Crippen LogP contribution in [0.3, 0.4) is 0 Å². The number of piperidine rings is 1. The van der Waals surface area contributed by atoms with Gasteiger partial charge < -0.3 is 10.2 Å².